The van der Waals surface area contributed by atoms with E-state index in [1.807, 2.05) is 121 Å². The lowest BCUT2D eigenvalue weighted by Gasteiger charge is -2.14. The number of hydrogen-bond acceptors (Lipinski definition) is 6. The van der Waals surface area contributed by atoms with Crippen molar-refractivity contribution >= 4 is 78.7 Å². The fraction of sp³-hybridized carbons (Fsp3) is 0.0769. The highest BCUT2D eigenvalue weighted by molar-refractivity contribution is 6.18. The minimum atomic E-state index is -0.696. The molecule has 3 aromatic heterocycles. The number of aryl methyl sites for hydroxylation is 2. The number of hydrogen-bond donors (Lipinski definition) is 3. The maximum absolute atomic E-state index is 14.5. The van der Waals surface area contributed by atoms with Gasteiger partial charge in [0.15, 0.2) is 0 Å². The molecule has 0 unspecified atom stereocenters. The summed E-state index contributed by atoms with van der Waals surface area (Å²) in [6.45, 7) is 5.79. The molecule has 3 N–H and O–H groups in total. The highest BCUT2D eigenvalue weighted by atomic mass is 16.2. The van der Waals surface area contributed by atoms with E-state index in [0.717, 1.165) is 67.8 Å². The lowest BCUT2D eigenvalue weighted by Crippen LogP contribution is -2.23. The lowest BCUT2D eigenvalue weighted by molar-refractivity contribution is 0.0988. The molecular weight excluding hydrogens is 785 g/mol. The van der Waals surface area contributed by atoms with Gasteiger partial charge in [-0.2, -0.15) is 0 Å². The first-order valence-corrected chi connectivity index (χ1v) is 20.8. The Morgan fingerprint density at radius 2 is 0.937 bits per heavy atom. The molecule has 0 aliphatic heterocycles. The van der Waals surface area contributed by atoms with Crippen LogP contribution < -0.4 is 16.0 Å². The van der Waals surface area contributed by atoms with Crippen LogP contribution in [-0.4, -0.2) is 42.0 Å². The second kappa shape index (κ2) is 16.2. The molecule has 0 radical (unpaired) electrons. The number of nitrogens with one attached hydrogen (secondary N) is 3. The van der Waals surface area contributed by atoms with Crippen molar-refractivity contribution in [3.05, 3.63) is 180 Å². The van der Waals surface area contributed by atoms with Crippen LogP contribution in [0.1, 0.15) is 44.9 Å². The average Bonchev–Trinajstić information content (AvgIpc) is 3.83. The minimum Gasteiger partial charge on any atom is -0.341 e. The van der Waals surface area contributed by atoms with Gasteiger partial charge in [-0.15, -0.1) is 10.2 Å². The van der Waals surface area contributed by atoms with Crippen molar-refractivity contribution in [1.82, 2.24) is 24.3 Å². The second-order valence-corrected chi connectivity index (χ2v) is 15.2. The first-order chi connectivity index (χ1) is 30.9. The van der Waals surface area contributed by atoms with Gasteiger partial charge < -0.3 is 19.8 Å². The van der Waals surface area contributed by atoms with Gasteiger partial charge in [0.2, 0.25) is 5.95 Å². The van der Waals surface area contributed by atoms with Gasteiger partial charge in [-0.25, -0.2) is 4.98 Å². The molecule has 3 heterocycles. The molecule has 0 spiro atoms. The Labute approximate surface area is 362 Å². The maximum atomic E-state index is 14.5. The minimum absolute atomic E-state index is 0.0473. The zero-order valence-corrected chi connectivity index (χ0v) is 34.5. The van der Waals surface area contributed by atoms with E-state index in [9.17, 15) is 14.4 Å². The number of amides is 3. The van der Waals surface area contributed by atoms with Gasteiger partial charge in [-0.1, -0.05) is 97.1 Å². The Hall–Kier alpha value is -8.44. The Morgan fingerprint density at radius 3 is 1.51 bits per heavy atom. The third kappa shape index (κ3) is 7.11. The van der Waals surface area contributed by atoms with Crippen LogP contribution in [0.15, 0.2) is 164 Å². The monoisotopic (exact) mass is 824 g/mol. The summed E-state index contributed by atoms with van der Waals surface area (Å²) in [5.41, 5.74) is 8.25. The predicted molar refractivity (Wildman–Crippen MR) is 251 cm³/mol. The normalized spacial score (nSPS) is 11.3. The maximum Gasteiger partial charge on any atom is 0.258 e. The molecule has 10 aromatic rings. The fourth-order valence-electron chi connectivity index (χ4n) is 8.55. The Morgan fingerprint density at radius 1 is 0.444 bits per heavy atom. The van der Waals surface area contributed by atoms with Crippen LogP contribution in [0.3, 0.4) is 0 Å². The van der Waals surface area contributed by atoms with Gasteiger partial charge in [-0.3, -0.25) is 19.7 Å². The van der Waals surface area contributed by atoms with E-state index in [2.05, 4.69) is 73.4 Å². The number of benzene rings is 7. The van der Waals surface area contributed by atoms with Crippen LogP contribution >= 0.6 is 0 Å². The molecule has 0 saturated carbocycles. The summed E-state index contributed by atoms with van der Waals surface area (Å²) in [6.07, 6.45) is 0. The molecule has 11 heteroatoms. The third-order valence-corrected chi connectivity index (χ3v) is 11.5. The topological polar surface area (TPSA) is 136 Å². The second-order valence-electron chi connectivity index (χ2n) is 15.2. The van der Waals surface area contributed by atoms with E-state index in [1.165, 1.54) is 12.1 Å². The van der Waals surface area contributed by atoms with Gasteiger partial charge in [0, 0.05) is 84.8 Å². The van der Waals surface area contributed by atoms with Crippen LogP contribution in [0.5, 0.6) is 0 Å². The zero-order valence-electron chi connectivity index (χ0n) is 34.5. The van der Waals surface area contributed by atoms with Gasteiger partial charge in [0.25, 0.3) is 17.7 Å². The highest BCUT2D eigenvalue weighted by Gasteiger charge is 2.23. The number of para-hydroxylation sites is 2. The van der Waals surface area contributed by atoms with Crippen LogP contribution in [0.25, 0.3) is 66.1 Å². The molecule has 0 aliphatic carbocycles. The third-order valence-electron chi connectivity index (χ3n) is 11.5. The summed E-state index contributed by atoms with van der Waals surface area (Å²) in [6, 6.07) is 51.5. The first kappa shape index (κ1) is 38.7. The lowest BCUT2D eigenvalue weighted by atomic mass is 10.0. The highest BCUT2D eigenvalue weighted by Crippen LogP contribution is 2.34. The summed E-state index contributed by atoms with van der Waals surface area (Å²) >= 11 is 0. The number of nitrogens with zero attached hydrogens (tertiary/aromatic N) is 5. The van der Waals surface area contributed by atoms with Crippen molar-refractivity contribution in [3.8, 4) is 22.5 Å². The van der Waals surface area contributed by atoms with Crippen molar-refractivity contribution in [1.29, 1.82) is 0 Å². The molecule has 63 heavy (non-hydrogen) atoms. The van der Waals surface area contributed by atoms with E-state index in [1.54, 1.807) is 6.07 Å². The van der Waals surface area contributed by atoms with Crippen LogP contribution in [-0.2, 0) is 13.1 Å². The molecule has 306 valence electrons. The SMILES string of the molecule is CCn1c2ccccc2c2cc(NC(=O)c3ccc(C(=O)Nc4ccc5c(c4)c4ccccc4n5CC)c(C(=O)Nc4nnc(-c5ccccc5)c(-c5ccccc5)n4)c3)ccc21. The summed E-state index contributed by atoms with van der Waals surface area (Å²) in [5.74, 6) is -1.76. The first-order valence-electron chi connectivity index (χ1n) is 20.8. The van der Waals surface area contributed by atoms with Crippen molar-refractivity contribution in [3.63, 3.8) is 0 Å². The fourth-order valence-corrected chi connectivity index (χ4v) is 8.55. The number of carbonyl (C=O) groups excluding carboxylic acids is 3. The average molecular weight is 825 g/mol. The van der Waals surface area contributed by atoms with Crippen molar-refractivity contribution in [2.24, 2.45) is 0 Å². The van der Waals surface area contributed by atoms with Crippen molar-refractivity contribution in [2.45, 2.75) is 26.9 Å². The van der Waals surface area contributed by atoms with E-state index in [-0.39, 0.29) is 22.6 Å². The summed E-state index contributed by atoms with van der Waals surface area (Å²) in [7, 11) is 0. The van der Waals surface area contributed by atoms with E-state index >= 15 is 0 Å². The summed E-state index contributed by atoms with van der Waals surface area (Å²) in [5, 5.41) is 21.8. The number of carbonyl (C=O) groups is 3. The summed E-state index contributed by atoms with van der Waals surface area (Å²) in [4.78, 5) is 47.5. The molecule has 3 amide bonds. The Bertz CT molecular complexity index is 3410. The summed E-state index contributed by atoms with van der Waals surface area (Å²) < 4.78 is 4.47. The molecule has 0 atom stereocenters. The smallest absolute Gasteiger partial charge is 0.258 e. The van der Waals surface area contributed by atoms with Crippen LogP contribution in [0, 0.1) is 0 Å². The van der Waals surface area contributed by atoms with Gasteiger partial charge in [0.05, 0.1) is 11.1 Å². The molecule has 0 aliphatic rings. The molecule has 10 rings (SSSR count). The molecule has 7 aromatic carbocycles. The standard InChI is InChI=1S/C52H40N8O3/c1-3-59-43-21-13-11-19-37(43)40-30-35(24-27-45(40)59)53-49(61)34-23-26-39(50(62)54-36-25-28-46-41(31-36)38-20-12-14-22-44(38)60(46)4-2)42(29-34)51(63)56-52-55-47(32-15-7-5-8-16-32)48(57-58-52)33-17-9-6-10-18-33/h5-31H,3-4H2,1-2H3,(H,53,61)(H,54,62)(H,55,56,58,63). The zero-order chi connectivity index (χ0) is 43.0. The number of rotatable bonds is 10. The van der Waals surface area contributed by atoms with Crippen molar-refractivity contribution < 1.29 is 14.4 Å². The van der Waals surface area contributed by atoms with E-state index < -0.39 is 17.7 Å². The number of anilines is 3. The van der Waals surface area contributed by atoms with Gasteiger partial charge >= 0.3 is 0 Å². The molecule has 0 fully saturated rings. The van der Waals surface area contributed by atoms with Gasteiger partial charge in [0.1, 0.15) is 11.4 Å². The molecular formula is C52H40N8O3. The van der Waals surface area contributed by atoms with Crippen LogP contribution in [0.4, 0.5) is 17.3 Å². The predicted octanol–water partition coefficient (Wildman–Crippen LogP) is 11.2. The quantitative estimate of drug-likeness (QED) is 0.126. The Kier molecular flexibility index (Phi) is 9.96. The van der Waals surface area contributed by atoms with Gasteiger partial charge in [-0.05, 0) is 80.6 Å². The number of fused-ring (bicyclic) bond motifs is 6. The van der Waals surface area contributed by atoms with Crippen molar-refractivity contribution in [2.75, 3.05) is 16.0 Å². The van der Waals surface area contributed by atoms with E-state index in [0.29, 0.717) is 22.8 Å². The molecule has 11 nitrogen and oxygen atoms in total. The molecule has 0 bridgehead atoms. The number of aromatic nitrogens is 5. The van der Waals surface area contributed by atoms with E-state index in [4.69, 9.17) is 4.98 Å². The Balaban J connectivity index is 1.01. The largest absolute Gasteiger partial charge is 0.341 e. The molecule has 0 saturated heterocycles. The van der Waals surface area contributed by atoms with Crippen LogP contribution in [0.2, 0.25) is 0 Å².